The van der Waals surface area contributed by atoms with Gasteiger partial charge in [-0.05, 0) is 31.1 Å². The summed E-state index contributed by atoms with van der Waals surface area (Å²) in [4.78, 5) is 0. The number of alkyl halides is 2. The number of fused-ring (bicyclic) bond motifs is 2. The third-order valence-electron chi connectivity index (χ3n) is 3.59. The van der Waals surface area contributed by atoms with E-state index in [1.807, 2.05) is 0 Å². The van der Waals surface area contributed by atoms with Crippen molar-refractivity contribution in [3.8, 4) is 0 Å². The molecule has 0 aromatic rings. The molecule has 0 heterocycles. The quantitative estimate of drug-likeness (QED) is 0.727. The lowest BCUT2D eigenvalue weighted by molar-refractivity contribution is -0.0503. The molecular formula is C10H17F2NO. The molecule has 0 radical (unpaired) electrons. The summed E-state index contributed by atoms with van der Waals surface area (Å²) in [6, 6.07) is 0.270. The molecule has 2 bridgehead atoms. The van der Waals surface area contributed by atoms with E-state index in [1.54, 1.807) is 0 Å². The summed E-state index contributed by atoms with van der Waals surface area (Å²) < 4.78 is 25.5. The Hall–Kier alpha value is -0.220. The standard InChI is InChI=1S/C10H17F2NO/c11-10(12,6-14)5-13-9-4-7-1-2-8(9)3-7/h7-9,13-14H,1-6H2. The predicted octanol–water partition coefficient (Wildman–Crippen LogP) is 1.39. The first-order valence-electron chi connectivity index (χ1n) is 5.33. The molecule has 0 amide bonds. The molecule has 0 aliphatic heterocycles. The third-order valence-corrected chi connectivity index (χ3v) is 3.59. The van der Waals surface area contributed by atoms with E-state index in [0.29, 0.717) is 5.92 Å². The van der Waals surface area contributed by atoms with Gasteiger partial charge in [-0.25, -0.2) is 8.78 Å². The molecule has 2 aliphatic carbocycles. The highest BCUT2D eigenvalue weighted by molar-refractivity contribution is 4.94. The highest BCUT2D eigenvalue weighted by atomic mass is 19.3. The van der Waals surface area contributed by atoms with Crippen LogP contribution in [0.3, 0.4) is 0 Å². The number of halogens is 2. The SMILES string of the molecule is OCC(F)(F)CNC1CC2CCC1C2. The summed E-state index contributed by atoms with van der Waals surface area (Å²) in [6.07, 6.45) is 4.72. The second-order valence-corrected chi connectivity index (χ2v) is 4.68. The van der Waals surface area contributed by atoms with Crippen LogP contribution in [-0.4, -0.2) is 30.2 Å². The van der Waals surface area contributed by atoms with Crippen LogP contribution in [0.15, 0.2) is 0 Å². The summed E-state index contributed by atoms with van der Waals surface area (Å²) in [5.41, 5.74) is 0. The first-order chi connectivity index (χ1) is 6.61. The van der Waals surface area contributed by atoms with Crippen LogP contribution in [0.5, 0.6) is 0 Å². The van der Waals surface area contributed by atoms with E-state index in [4.69, 9.17) is 5.11 Å². The van der Waals surface area contributed by atoms with Crippen molar-refractivity contribution >= 4 is 0 Å². The molecule has 2 saturated carbocycles. The molecule has 3 unspecified atom stereocenters. The number of hydrogen-bond acceptors (Lipinski definition) is 2. The molecule has 2 N–H and O–H groups in total. The van der Waals surface area contributed by atoms with E-state index in [1.165, 1.54) is 19.3 Å². The Morgan fingerprint density at radius 1 is 1.29 bits per heavy atom. The lowest BCUT2D eigenvalue weighted by Crippen LogP contribution is -2.43. The molecule has 82 valence electrons. The fourth-order valence-electron chi connectivity index (χ4n) is 2.83. The lowest BCUT2D eigenvalue weighted by Gasteiger charge is -2.25. The highest BCUT2D eigenvalue weighted by Crippen LogP contribution is 2.44. The van der Waals surface area contributed by atoms with Crippen LogP contribution < -0.4 is 5.32 Å². The van der Waals surface area contributed by atoms with Crippen LogP contribution in [0.2, 0.25) is 0 Å². The summed E-state index contributed by atoms with van der Waals surface area (Å²) >= 11 is 0. The van der Waals surface area contributed by atoms with Gasteiger partial charge >= 0.3 is 0 Å². The zero-order valence-corrected chi connectivity index (χ0v) is 8.18. The van der Waals surface area contributed by atoms with Crippen molar-refractivity contribution in [2.24, 2.45) is 11.8 Å². The lowest BCUT2D eigenvalue weighted by atomic mass is 9.95. The average molecular weight is 205 g/mol. The zero-order chi connectivity index (χ0) is 10.2. The summed E-state index contributed by atoms with van der Waals surface area (Å²) in [5.74, 6) is -1.59. The van der Waals surface area contributed by atoms with E-state index in [0.717, 1.165) is 12.3 Å². The Balaban J connectivity index is 1.77. The van der Waals surface area contributed by atoms with Crippen molar-refractivity contribution in [3.63, 3.8) is 0 Å². The Morgan fingerprint density at radius 3 is 2.57 bits per heavy atom. The molecule has 2 aliphatic rings. The molecule has 0 spiro atoms. The zero-order valence-electron chi connectivity index (χ0n) is 8.18. The fraction of sp³-hybridized carbons (Fsp3) is 1.00. The maximum atomic E-state index is 12.7. The van der Waals surface area contributed by atoms with E-state index in [9.17, 15) is 8.78 Å². The van der Waals surface area contributed by atoms with Crippen LogP contribution in [-0.2, 0) is 0 Å². The van der Waals surface area contributed by atoms with Crippen molar-refractivity contribution in [2.75, 3.05) is 13.2 Å². The molecule has 2 nitrogen and oxygen atoms in total. The number of aliphatic hydroxyl groups is 1. The Labute approximate surface area is 82.7 Å². The van der Waals surface area contributed by atoms with Gasteiger partial charge in [0.2, 0.25) is 0 Å². The smallest absolute Gasteiger partial charge is 0.282 e. The van der Waals surface area contributed by atoms with E-state index in [2.05, 4.69) is 5.32 Å². The Morgan fingerprint density at radius 2 is 2.07 bits per heavy atom. The van der Waals surface area contributed by atoms with Crippen LogP contribution in [0.4, 0.5) is 8.78 Å². The number of aliphatic hydroxyl groups excluding tert-OH is 1. The second kappa shape index (κ2) is 3.74. The molecule has 2 rings (SSSR count). The maximum Gasteiger partial charge on any atom is 0.282 e. The molecule has 0 aromatic carbocycles. The van der Waals surface area contributed by atoms with Crippen molar-refractivity contribution in [1.29, 1.82) is 0 Å². The topological polar surface area (TPSA) is 32.3 Å². The molecule has 0 aromatic heterocycles. The normalized spacial score (nSPS) is 36.6. The first kappa shape index (κ1) is 10.3. The first-order valence-corrected chi connectivity index (χ1v) is 5.33. The van der Waals surface area contributed by atoms with Crippen LogP contribution in [0.25, 0.3) is 0 Å². The molecular weight excluding hydrogens is 188 g/mol. The predicted molar refractivity (Wildman–Crippen MR) is 49.3 cm³/mol. The van der Waals surface area contributed by atoms with Crippen molar-refractivity contribution < 1.29 is 13.9 Å². The molecule has 3 atom stereocenters. The minimum atomic E-state index is -2.96. The van der Waals surface area contributed by atoms with Gasteiger partial charge in [-0.15, -0.1) is 0 Å². The third kappa shape index (κ3) is 2.06. The van der Waals surface area contributed by atoms with Gasteiger partial charge in [0.1, 0.15) is 6.61 Å². The van der Waals surface area contributed by atoms with Gasteiger partial charge in [-0.1, -0.05) is 6.42 Å². The van der Waals surface area contributed by atoms with Gasteiger partial charge in [0.15, 0.2) is 0 Å². The number of nitrogens with one attached hydrogen (secondary N) is 1. The summed E-state index contributed by atoms with van der Waals surface area (Å²) in [7, 11) is 0. The van der Waals surface area contributed by atoms with Crippen LogP contribution in [0.1, 0.15) is 25.7 Å². The highest BCUT2D eigenvalue weighted by Gasteiger charge is 2.40. The van der Waals surface area contributed by atoms with Gasteiger partial charge in [0, 0.05) is 6.04 Å². The second-order valence-electron chi connectivity index (χ2n) is 4.68. The summed E-state index contributed by atoms with van der Waals surface area (Å²) in [6.45, 7) is -1.43. The van der Waals surface area contributed by atoms with Gasteiger partial charge in [-0.3, -0.25) is 0 Å². The van der Waals surface area contributed by atoms with Gasteiger partial charge in [0.25, 0.3) is 5.92 Å². The van der Waals surface area contributed by atoms with E-state index >= 15 is 0 Å². The van der Waals surface area contributed by atoms with Crippen molar-refractivity contribution in [1.82, 2.24) is 5.32 Å². The van der Waals surface area contributed by atoms with Gasteiger partial charge in [0.05, 0.1) is 6.54 Å². The van der Waals surface area contributed by atoms with Crippen LogP contribution in [0, 0.1) is 11.8 Å². The summed E-state index contributed by atoms with van der Waals surface area (Å²) in [5, 5.41) is 11.3. The minimum Gasteiger partial charge on any atom is -0.390 e. The van der Waals surface area contributed by atoms with Gasteiger partial charge < -0.3 is 10.4 Å². The molecule has 0 saturated heterocycles. The average Bonchev–Trinajstić information content (AvgIpc) is 2.76. The maximum absolute atomic E-state index is 12.7. The van der Waals surface area contributed by atoms with Gasteiger partial charge in [-0.2, -0.15) is 0 Å². The van der Waals surface area contributed by atoms with Crippen LogP contribution >= 0.6 is 0 Å². The molecule has 4 heteroatoms. The van der Waals surface area contributed by atoms with E-state index in [-0.39, 0.29) is 12.6 Å². The number of hydrogen-bond donors (Lipinski definition) is 2. The minimum absolute atomic E-state index is 0.270. The monoisotopic (exact) mass is 205 g/mol. The largest absolute Gasteiger partial charge is 0.390 e. The molecule has 14 heavy (non-hydrogen) atoms. The van der Waals surface area contributed by atoms with E-state index < -0.39 is 12.5 Å². The Bertz CT molecular complexity index is 210. The Kier molecular flexibility index (Phi) is 2.75. The van der Waals surface area contributed by atoms with Crippen molar-refractivity contribution in [2.45, 2.75) is 37.6 Å². The fourth-order valence-corrected chi connectivity index (χ4v) is 2.83. The van der Waals surface area contributed by atoms with Crippen molar-refractivity contribution in [3.05, 3.63) is 0 Å². The number of rotatable bonds is 4. The molecule has 2 fully saturated rings.